The number of nitrogens with one attached hydrogen (secondary N) is 1. The highest BCUT2D eigenvalue weighted by Gasteiger charge is 2.68. The van der Waals surface area contributed by atoms with Crippen LogP contribution in [0.4, 0.5) is 4.39 Å². The summed E-state index contributed by atoms with van der Waals surface area (Å²) in [5, 5.41) is 28.7. The van der Waals surface area contributed by atoms with E-state index in [1.54, 1.807) is 12.1 Å². The average molecular weight is 597 g/mol. The number of fused-ring (bicyclic) bond motifs is 7. The van der Waals surface area contributed by atoms with Gasteiger partial charge in [0.2, 0.25) is 5.78 Å². The molecule has 0 spiro atoms. The quantitative estimate of drug-likeness (QED) is 0.284. The predicted molar refractivity (Wildman–Crippen MR) is 163 cm³/mol. The number of imidazole rings is 1. The Morgan fingerprint density at radius 3 is 2.75 bits per heavy atom. The number of carbonyl (C=O) groups is 1. The molecule has 2 aromatic carbocycles. The van der Waals surface area contributed by atoms with Gasteiger partial charge in [-0.15, -0.1) is 0 Å². The highest BCUT2D eigenvalue weighted by atomic mass is 19.1. The zero-order chi connectivity index (χ0) is 30.4. The number of hydrogen-bond donors (Lipinski definition) is 3. The second kappa shape index (κ2) is 9.59. The molecular weight excluding hydrogens is 559 g/mol. The summed E-state index contributed by atoms with van der Waals surface area (Å²) in [6.07, 6.45) is 7.45. The summed E-state index contributed by atoms with van der Waals surface area (Å²) >= 11 is 0. The summed E-state index contributed by atoms with van der Waals surface area (Å²) in [6.45, 7) is 3.99. The van der Waals surface area contributed by atoms with Gasteiger partial charge in [-0.1, -0.05) is 31.6 Å². The van der Waals surface area contributed by atoms with E-state index in [9.17, 15) is 19.4 Å². The Bertz CT molecular complexity index is 1780. The van der Waals surface area contributed by atoms with Crippen LogP contribution in [-0.4, -0.2) is 54.1 Å². The van der Waals surface area contributed by atoms with Gasteiger partial charge in [-0.25, -0.2) is 9.07 Å². The maximum absolute atomic E-state index is 13.7. The third-order valence-electron chi connectivity index (χ3n) is 11.8. The second-order valence-electron chi connectivity index (χ2n) is 13.9. The molecule has 7 atom stereocenters. The number of allylic oxidation sites excluding steroid dienone is 1. The molecule has 4 aromatic rings. The summed E-state index contributed by atoms with van der Waals surface area (Å²) < 4.78 is 21.2. The first kappa shape index (κ1) is 27.7. The summed E-state index contributed by atoms with van der Waals surface area (Å²) in [5.41, 5.74) is 3.22. The van der Waals surface area contributed by atoms with Crippen molar-refractivity contribution >= 4 is 22.9 Å². The number of aliphatic hydroxyl groups is 2. The number of ether oxygens (including phenoxy) is 1. The van der Waals surface area contributed by atoms with Crippen molar-refractivity contribution in [3.8, 4) is 11.7 Å². The number of carbonyl (C=O) groups excluding carboxylic acids is 1. The molecule has 0 radical (unpaired) electrons. The molecule has 4 aliphatic rings. The zero-order valence-electron chi connectivity index (χ0n) is 25.0. The number of para-hydroxylation sites is 2. The van der Waals surface area contributed by atoms with Gasteiger partial charge in [0.25, 0.3) is 6.01 Å². The lowest BCUT2D eigenvalue weighted by atomic mass is 9.45. The van der Waals surface area contributed by atoms with Crippen molar-refractivity contribution in [1.82, 2.24) is 19.7 Å². The van der Waals surface area contributed by atoms with Crippen molar-refractivity contribution in [3.63, 3.8) is 0 Å². The van der Waals surface area contributed by atoms with Gasteiger partial charge in [0.05, 0.1) is 34.7 Å². The first-order valence-electron chi connectivity index (χ1n) is 15.7. The minimum Gasteiger partial charge on any atom is -0.457 e. The smallest absolute Gasteiger partial charge is 0.295 e. The van der Waals surface area contributed by atoms with E-state index < -0.39 is 17.1 Å². The molecule has 0 saturated heterocycles. The topological polar surface area (TPSA) is 113 Å². The Morgan fingerprint density at radius 1 is 1.16 bits per heavy atom. The normalized spacial score (nSPS) is 34.1. The van der Waals surface area contributed by atoms with Gasteiger partial charge in [-0.3, -0.25) is 4.79 Å². The molecule has 8 nitrogen and oxygen atoms in total. The number of aromatic amines is 1. The van der Waals surface area contributed by atoms with Crippen LogP contribution in [0.3, 0.4) is 0 Å². The highest BCUT2D eigenvalue weighted by Crippen LogP contribution is 2.67. The molecule has 0 aliphatic heterocycles. The van der Waals surface area contributed by atoms with E-state index in [-0.39, 0.29) is 47.4 Å². The first-order chi connectivity index (χ1) is 21.1. The molecule has 0 amide bonds. The Kier molecular flexibility index (Phi) is 6.04. The number of H-pyrrole nitrogens is 1. The molecule has 3 fully saturated rings. The number of hydrogen-bond acceptors (Lipinski definition) is 6. The van der Waals surface area contributed by atoms with Crippen LogP contribution in [0.1, 0.15) is 57.2 Å². The Balaban J connectivity index is 1.05. The molecule has 2 aromatic heterocycles. The van der Waals surface area contributed by atoms with Gasteiger partial charge in [-0.05, 0) is 110 Å². The van der Waals surface area contributed by atoms with E-state index in [0.717, 1.165) is 53.7 Å². The van der Waals surface area contributed by atoms with Crippen molar-refractivity contribution in [2.45, 2.75) is 64.1 Å². The number of halogens is 1. The zero-order valence-corrected chi connectivity index (χ0v) is 25.0. The maximum Gasteiger partial charge on any atom is 0.295 e. The van der Waals surface area contributed by atoms with Gasteiger partial charge in [0.1, 0.15) is 11.4 Å². The average Bonchev–Trinajstić information content (AvgIpc) is 3.68. The standard InChI is InChI=1S/C35H37FN4O4/c1-33-16-20-18-37-40(23-10-8-22(36)9-11-23)28(20)15-21(33)7-12-24-25-13-14-35(43,34(25,2)17-29(41)31(24)33)30(42)19-44-32-38-26-5-3-4-6-27(26)39-32/h3-6,8-11,15,18,24-25,29,31,41,43H,7,12-14,16-17,19H2,1-2H3,(H,38,39)/t24?,25?,29?,31?,33?,34?,35-/m0/s1. The Hall–Kier alpha value is -3.82. The van der Waals surface area contributed by atoms with Crippen molar-refractivity contribution in [2.75, 3.05) is 6.61 Å². The van der Waals surface area contributed by atoms with Crippen LogP contribution < -0.4 is 4.74 Å². The number of Topliss-reactive ketones (excluding diaryl/α,β-unsaturated/α-hetero) is 1. The van der Waals surface area contributed by atoms with Crippen LogP contribution in [-0.2, 0) is 11.2 Å². The molecule has 3 N–H and O–H groups in total. The van der Waals surface area contributed by atoms with Gasteiger partial charge >= 0.3 is 0 Å². The lowest BCUT2D eigenvalue weighted by Crippen LogP contribution is -2.62. The summed E-state index contributed by atoms with van der Waals surface area (Å²) in [5.74, 6) is -0.342. The lowest BCUT2D eigenvalue weighted by Gasteiger charge is -2.60. The molecule has 228 valence electrons. The van der Waals surface area contributed by atoms with Crippen molar-refractivity contribution in [3.05, 3.63) is 77.4 Å². The van der Waals surface area contributed by atoms with E-state index in [1.165, 1.54) is 17.7 Å². The second-order valence-corrected chi connectivity index (χ2v) is 13.9. The third kappa shape index (κ3) is 3.84. The van der Waals surface area contributed by atoms with Crippen LogP contribution in [0.25, 0.3) is 22.8 Å². The molecular formula is C35H37FN4O4. The minimum absolute atomic E-state index is 0.00662. The Morgan fingerprint density at radius 2 is 1.95 bits per heavy atom. The Labute approximate surface area is 255 Å². The molecule has 3 saturated carbocycles. The summed E-state index contributed by atoms with van der Waals surface area (Å²) in [7, 11) is 0. The minimum atomic E-state index is -1.58. The molecule has 2 heterocycles. The predicted octanol–water partition coefficient (Wildman–Crippen LogP) is 5.42. The number of ketones is 1. The van der Waals surface area contributed by atoms with E-state index in [1.807, 2.05) is 42.1 Å². The molecule has 44 heavy (non-hydrogen) atoms. The van der Waals surface area contributed by atoms with Crippen LogP contribution in [0.2, 0.25) is 0 Å². The first-order valence-corrected chi connectivity index (χ1v) is 15.7. The van der Waals surface area contributed by atoms with Crippen LogP contribution >= 0.6 is 0 Å². The molecule has 6 unspecified atom stereocenters. The van der Waals surface area contributed by atoms with E-state index >= 15 is 0 Å². The highest BCUT2D eigenvalue weighted by molar-refractivity contribution is 5.90. The van der Waals surface area contributed by atoms with Crippen LogP contribution in [0.5, 0.6) is 6.01 Å². The maximum atomic E-state index is 13.7. The van der Waals surface area contributed by atoms with Crippen molar-refractivity contribution in [1.29, 1.82) is 0 Å². The van der Waals surface area contributed by atoms with Crippen molar-refractivity contribution in [2.24, 2.45) is 28.6 Å². The number of aliphatic hydroxyl groups excluding tert-OH is 1. The van der Waals surface area contributed by atoms with Gasteiger partial charge in [0.15, 0.2) is 6.61 Å². The van der Waals surface area contributed by atoms with Gasteiger partial charge < -0.3 is 19.9 Å². The molecule has 9 heteroatoms. The van der Waals surface area contributed by atoms with Gasteiger partial charge in [-0.2, -0.15) is 10.1 Å². The molecule has 0 bridgehead atoms. The summed E-state index contributed by atoms with van der Waals surface area (Å²) in [6, 6.07) is 14.2. The fraction of sp³-hybridized carbons (Fsp3) is 0.457. The monoisotopic (exact) mass is 596 g/mol. The number of rotatable bonds is 5. The van der Waals surface area contributed by atoms with Crippen LogP contribution in [0, 0.1) is 34.4 Å². The SMILES string of the molecule is CC12Cc3cnn(-c4ccc(F)cc4)c3C=C1CCC1C2C(O)CC2(C)C1CC[C@]2(O)C(=O)COc1nc2ccccc2[nH]1. The van der Waals surface area contributed by atoms with Crippen molar-refractivity contribution < 1.29 is 24.1 Å². The summed E-state index contributed by atoms with van der Waals surface area (Å²) in [4.78, 5) is 21.2. The number of aromatic nitrogens is 4. The van der Waals surface area contributed by atoms with Gasteiger partial charge in [0, 0.05) is 5.41 Å². The van der Waals surface area contributed by atoms with E-state index in [4.69, 9.17) is 4.74 Å². The van der Waals surface area contributed by atoms with Crippen LogP contribution in [0.15, 0.2) is 60.3 Å². The largest absolute Gasteiger partial charge is 0.457 e. The fourth-order valence-electron chi connectivity index (χ4n) is 9.69. The number of benzene rings is 2. The number of nitrogens with zero attached hydrogens (tertiary/aromatic N) is 3. The van der Waals surface area contributed by atoms with E-state index in [2.05, 4.69) is 28.1 Å². The molecule has 4 aliphatic carbocycles. The fourth-order valence-corrected chi connectivity index (χ4v) is 9.69. The third-order valence-corrected chi connectivity index (χ3v) is 11.8. The lowest BCUT2D eigenvalue weighted by molar-refractivity contribution is -0.180. The molecule has 8 rings (SSSR count). The van der Waals surface area contributed by atoms with E-state index in [0.29, 0.717) is 12.8 Å².